The first-order valence-corrected chi connectivity index (χ1v) is 5.29. The third kappa shape index (κ3) is 2.36. The zero-order valence-electron chi connectivity index (χ0n) is 8.81. The molecule has 1 aliphatic carbocycles. The van der Waals surface area contributed by atoms with Crippen molar-refractivity contribution in [3.05, 3.63) is 35.9 Å². The van der Waals surface area contributed by atoms with E-state index in [2.05, 4.69) is 12.2 Å². The summed E-state index contributed by atoms with van der Waals surface area (Å²) in [4.78, 5) is 11.7. The van der Waals surface area contributed by atoms with Crippen molar-refractivity contribution >= 4 is 5.91 Å². The number of carbonyl (C=O) groups is 1. The predicted molar refractivity (Wildman–Crippen MR) is 59.1 cm³/mol. The molecule has 1 aromatic carbocycles. The first-order valence-electron chi connectivity index (χ1n) is 5.29. The Kier molecular flexibility index (Phi) is 2.73. The van der Waals surface area contributed by atoms with Gasteiger partial charge in [-0.25, -0.2) is 0 Å². The average molecular weight is 204 g/mol. The number of carbonyl (C=O) groups excluding carboxylic acids is 1. The molecule has 1 amide bonds. The topological polar surface area (TPSA) is 55.1 Å². The average Bonchev–Trinajstić information content (AvgIpc) is 2.94. The van der Waals surface area contributed by atoms with Gasteiger partial charge in [0.15, 0.2) is 0 Å². The number of hydrogen-bond donors (Lipinski definition) is 2. The molecular weight excluding hydrogens is 188 g/mol. The standard InChI is InChI=1S/C12H16N2O/c1-8-7-10(8)14-12(15)11(13)9-5-3-2-4-6-9/h2-6,8,10-11H,7,13H2,1H3,(H,14,15)/t8?,10?,11-/m0/s1. The fourth-order valence-electron chi connectivity index (χ4n) is 1.61. The van der Waals surface area contributed by atoms with Crippen LogP contribution in [0.4, 0.5) is 0 Å². The third-order valence-electron chi connectivity index (χ3n) is 2.88. The fourth-order valence-corrected chi connectivity index (χ4v) is 1.61. The highest BCUT2D eigenvalue weighted by atomic mass is 16.2. The number of rotatable bonds is 3. The van der Waals surface area contributed by atoms with Crippen molar-refractivity contribution < 1.29 is 4.79 Å². The van der Waals surface area contributed by atoms with E-state index in [4.69, 9.17) is 5.73 Å². The molecule has 15 heavy (non-hydrogen) atoms. The van der Waals surface area contributed by atoms with Gasteiger partial charge in [0.2, 0.25) is 5.91 Å². The van der Waals surface area contributed by atoms with Gasteiger partial charge in [-0.3, -0.25) is 4.79 Å². The van der Waals surface area contributed by atoms with Crippen molar-refractivity contribution in [3.63, 3.8) is 0 Å². The van der Waals surface area contributed by atoms with Crippen molar-refractivity contribution in [2.24, 2.45) is 11.7 Å². The molecule has 1 fully saturated rings. The maximum Gasteiger partial charge on any atom is 0.241 e. The lowest BCUT2D eigenvalue weighted by atomic mass is 10.1. The van der Waals surface area contributed by atoms with Gasteiger partial charge >= 0.3 is 0 Å². The molecule has 3 heteroatoms. The minimum atomic E-state index is -0.543. The Morgan fingerprint density at radius 2 is 2.07 bits per heavy atom. The van der Waals surface area contributed by atoms with Crippen molar-refractivity contribution in [2.45, 2.75) is 25.4 Å². The van der Waals surface area contributed by atoms with Crippen LogP contribution in [0.15, 0.2) is 30.3 Å². The van der Waals surface area contributed by atoms with Gasteiger partial charge in [0, 0.05) is 6.04 Å². The maximum absolute atomic E-state index is 11.7. The Morgan fingerprint density at radius 3 is 2.60 bits per heavy atom. The number of amides is 1. The van der Waals surface area contributed by atoms with Crippen LogP contribution < -0.4 is 11.1 Å². The van der Waals surface area contributed by atoms with Crippen LogP contribution >= 0.6 is 0 Å². The summed E-state index contributed by atoms with van der Waals surface area (Å²) in [5.41, 5.74) is 6.71. The van der Waals surface area contributed by atoms with E-state index in [0.717, 1.165) is 12.0 Å². The number of hydrogen-bond acceptors (Lipinski definition) is 2. The minimum absolute atomic E-state index is 0.0736. The summed E-state index contributed by atoms with van der Waals surface area (Å²) >= 11 is 0. The highest BCUT2D eigenvalue weighted by molar-refractivity contribution is 5.83. The molecule has 2 rings (SSSR count). The van der Waals surface area contributed by atoms with Gasteiger partial charge in [0.1, 0.15) is 6.04 Å². The molecular formula is C12H16N2O. The Hall–Kier alpha value is -1.35. The molecule has 0 aromatic heterocycles. The summed E-state index contributed by atoms with van der Waals surface area (Å²) in [6, 6.07) is 9.24. The summed E-state index contributed by atoms with van der Waals surface area (Å²) in [5, 5.41) is 2.94. The SMILES string of the molecule is CC1CC1NC(=O)[C@@H](N)c1ccccc1. The Morgan fingerprint density at radius 1 is 1.47 bits per heavy atom. The first-order chi connectivity index (χ1) is 7.18. The van der Waals surface area contributed by atoms with Crippen molar-refractivity contribution in [3.8, 4) is 0 Å². The molecule has 0 heterocycles. The molecule has 0 radical (unpaired) electrons. The Bertz CT molecular complexity index is 350. The number of nitrogens with one attached hydrogen (secondary N) is 1. The Labute approximate surface area is 89.7 Å². The van der Waals surface area contributed by atoms with E-state index >= 15 is 0 Å². The predicted octanol–water partition coefficient (Wildman–Crippen LogP) is 1.21. The van der Waals surface area contributed by atoms with Gasteiger partial charge in [-0.05, 0) is 17.9 Å². The zero-order chi connectivity index (χ0) is 10.8. The van der Waals surface area contributed by atoms with E-state index in [1.807, 2.05) is 30.3 Å². The molecule has 0 aliphatic heterocycles. The quantitative estimate of drug-likeness (QED) is 0.777. The second-order valence-corrected chi connectivity index (χ2v) is 4.22. The van der Waals surface area contributed by atoms with Gasteiger partial charge < -0.3 is 11.1 Å². The second-order valence-electron chi connectivity index (χ2n) is 4.22. The van der Waals surface area contributed by atoms with Crippen LogP contribution in [0.5, 0.6) is 0 Å². The van der Waals surface area contributed by atoms with Crippen LogP contribution in [0.3, 0.4) is 0 Å². The summed E-state index contributed by atoms with van der Waals surface area (Å²) < 4.78 is 0. The third-order valence-corrected chi connectivity index (χ3v) is 2.88. The molecule has 80 valence electrons. The highest BCUT2D eigenvalue weighted by Gasteiger charge is 2.34. The van der Waals surface area contributed by atoms with Gasteiger partial charge in [0.05, 0.1) is 0 Å². The second kappa shape index (κ2) is 4.03. The van der Waals surface area contributed by atoms with E-state index < -0.39 is 6.04 Å². The van der Waals surface area contributed by atoms with Crippen LogP contribution in [0.2, 0.25) is 0 Å². The van der Waals surface area contributed by atoms with Crippen LogP contribution in [0, 0.1) is 5.92 Å². The summed E-state index contributed by atoms with van der Waals surface area (Å²) in [5.74, 6) is 0.535. The maximum atomic E-state index is 11.7. The lowest BCUT2D eigenvalue weighted by Gasteiger charge is -2.11. The Balaban J connectivity index is 1.95. The molecule has 0 spiro atoms. The summed E-state index contributed by atoms with van der Waals surface area (Å²) in [6.07, 6.45) is 1.08. The molecule has 1 aliphatic rings. The molecule has 0 saturated heterocycles. The van der Waals surface area contributed by atoms with Crippen molar-refractivity contribution in [1.29, 1.82) is 0 Å². The van der Waals surface area contributed by atoms with E-state index in [1.54, 1.807) is 0 Å². The van der Waals surface area contributed by atoms with E-state index in [9.17, 15) is 4.79 Å². The first kappa shape index (κ1) is 10.2. The summed E-state index contributed by atoms with van der Waals surface area (Å²) in [7, 11) is 0. The van der Waals surface area contributed by atoms with Crippen LogP contribution in [0.25, 0.3) is 0 Å². The molecule has 2 unspecified atom stereocenters. The molecule has 0 bridgehead atoms. The molecule has 1 aromatic rings. The molecule has 3 atom stereocenters. The van der Waals surface area contributed by atoms with E-state index in [-0.39, 0.29) is 5.91 Å². The highest BCUT2D eigenvalue weighted by Crippen LogP contribution is 2.29. The lowest BCUT2D eigenvalue weighted by molar-refractivity contribution is -0.122. The van der Waals surface area contributed by atoms with Crippen LogP contribution in [0.1, 0.15) is 24.9 Å². The monoisotopic (exact) mass is 204 g/mol. The molecule has 3 nitrogen and oxygen atoms in total. The van der Waals surface area contributed by atoms with E-state index in [0.29, 0.717) is 12.0 Å². The largest absolute Gasteiger partial charge is 0.351 e. The lowest BCUT2D eigenvalue weighted by Crippen LogP contribution is -2.35. The van der Waals surface area contributed by atoms with Crippen molar-refractivity contribution in [2.75, 3.05) is 0 Å². The normalized spacial score (nSPS) is 25.7. The van der Waals surface area contributed by atoms with Crippen LogP contribution in [-0.2, 0) is 4.79 Å². The van der Waals surface area contributed by atoms with E-state index in [1.165, 1.54) is 0 Å². The summed E-state index contributed by atoms with van der Waals surface area (Å²) in [6.45, 7) is 2.12. The zero-order valence-corrected chi connectivity index (χ0v) is 8.81. The molecule has 1 saturated carbocycles. The van der Waals surface area contributed by atoms with Gasteiger partial charge in [-0.1, -0.05) is 37.3 Å². The van der Waals surface area contributed by atoms with Crippen molar-refractivity contribution in [1.82, 2.24) is 5.32 Å². The number of nitrogens with two attached hydrogens (primary N) is 1. The van der Waals surface area contributed by atoms with Gasteiger partial charge in [-0.15, -0.1) is 0 Å². The van der Waals surface area contributed by atoms with Gasteiger partial charge in [-0.2, -0.15) is 0 Å². The minimum Gasteiger partial charge on any atom is -0.351 e. The molecule has 3 N–H and O–H groups in total. The smallest absolute Gasteiger partial charge is 0.241 e. The van der Waals surface area contributed by atoms with Gasteiger partial charge in [0.25, 0.3) is 0 Å². The number of benzene rings is 1. The van der Waals surface area contributed by atoms with Crippen LogP contribution in [-0.4, -0.2) is 11.9 Å². The fraction of sp³-hybridized carbons (Fsp3) is 0.417.